The highest BCUT2D eigenvalue weighted by atomic mass is 35.5. The first kappa shape index (κ1) is 18.6. The molecule has 0 aliphatic carbocycles. The Labute approximate surface area is 157 Å². The summed E-state index contributed by atoms with van der Waals surface area (Å²) in [6, 6.07) is 13.9. The lowest BCUT2D eigenvalue weighted by atomic mass is 9.74. The quantitative estimate of drug-likeness (QED) is 0.791. The lowest BCUT2D eigenvalue weighted by Gasteiger charge is -2.37. The van der Waals surface area contributed by atoms with Crippen LogP contribution >= 0.6 is 11.6 Å². The monoisotopic (exact) mass is 373 g/mol. The molecule has 1 saturated heterocycles. The fraction of sp³-hybridized carbons (Fsp3) is 0.286. The molecule has 0 saturated carbocycles. The van der Waals surface area contributed by atoms with Crippen molar-refractivity contribution in [2.45, 2.75) is 18.3 Å². The topological polar surface area (TPSA) is 38.3 Å². The molecule has 5 heteroatoms. The van der Waals surface area contributed by atoms with E-state index in [2.05, 4.69) is 5.32 Å². The van der Waals surface area contributed by atoms with E-state index in [0.717, 1.165) is 24.0 Å². The van der Waals surface area contributed by atoms with Crippen LogP contribution in [0.2, 0.25) is 5.02 Å². The largest absolute Gasteiger partial charge is 0.381 e. The molecular weight excluding hydrogens is 353 g/mol. The number of benzene rings is 2. The predicted octanol–water partition coefficient (Wildman–Crippen LogP) is 4.36. The average Bonchev–Trinajstić information content (AvgIpc) is 2.67. The number of carbonyl (C=O) groups excluding carboxylic acids is 1. The second-order valence-corrected chi connectivity index (χ2v) is 6.94. The van der Waals surface area contributed by atoms with Gasteiger partial charge in [-0.15, -0.1) is 0 Å². The van der Waals surface area contributed by atoms with Crippen LogP contribution in [0, 0.1) is 5.82 Å². The van der Waals surface area contributed by atoms with E-state index in [-0.39, 0.29) is 17.1 Å². The van der Waals surface area contributed by atoms with E-state index in [0.29, 0.717) is 24.8 Å². The third kappa shape index (κ3) is 4.71. The number of halogens is 2. The molecular formula is C21H21ClFNO2. The predicted molar refractivity (Wildman–Crippen MR) is 102 cm³/mol. The summed E-state index contributed by atoms with van der Waals surface area (Å²) in [6.07, 6.45) is 4.74. The molecule has 136 valence electrons. The highest BCUT2D eigenvalue weighted by molar-refractivity contribution is 6.30. The molecule has 0 atom stereocenters. The van der Waals surface area contributed by atoms with Crippen LogP contribution in [0.3, 0.4) is 0 Å². The second kappa shape index (κ2) is 8.47. The SMILES string of the molecule is O=C(/C=C/c1ccc(Cl)cc1)NCC1(c2cccc(F)c2)CCOCC1. The molecule has 26 heavy (non-hydrogen) atoms. The zero-order valence-corrected chi connectivity index (χ0v) is 15.1. The fourth-order valence-electron chi connectivity index (χ4n) is 3.21. The van der Waals surface area contributed by atoms with Crippen molar-refractivity contribution in [1.82, 2.24) is 5.32 Å². The minimum Gasteiger partial charge on any atom is -0.381 e. The Balaban J connectivity index is 1.68. The van der Waals surface area contributed by atoms with Crippen LogP contribution < -0.4 is 5.32 Å². The van der Waals surface area contributed by atoms with Gasteiger partial charge in [-0.1, -0.05) is 35.9 Å². The summed E-state index contributed by atoms with van der Waals surface area (Å²) in [5, 5.41) is 3.62. The first-order valence-electron chi connectivity index (χ1n) is 8.63. The molecule has 1 amide bonds. The van der Waals surface area contributed by atoms with Crippen molar-refractivity contribution in [3.05, 3.63) is 76.6 Å². The smallest absolute Gasteiger partial charge is 0.244 e. The Morgan fingerprint density at radius 3 is 2.62 bits per heavy atom. The van der Waals surface area contributed by atoms with Gasteiger partial charge in [0.25, 0.3) is 0 Å². The molecule has 3 nitrogen and oxygen atoms in total. The van der Waals surface area contributed by atoms with Gasteiger partial charge >= 0.3 is 0 Å². The first-order chi connectivity index (χ1) is 12.6. The number of hydrogen-bond acceptors (Lipinski definition) is 2. The fourth-order valence-corrected chi connectivity index (χ4v) is 3.34. The van der Waals surface area contributed by atoms with Crippen LogP contribution in [0.4, 0.5) is 4.39 Å². The van der Waals surface area contributed by atoms with Crippen molar-refractivity contribution in [3.8, 4) is 0 Å². The van der Waals surface area contributed by atoms with Gasteiger partial charge in [-0.05, 0) is 54.3 Å². The lowest BCUT2D eigenvalue weighted by Crippen LogP contribution is -2.44. The van der Waals surface area contributed by atoms with Gasteiger partial charge in [-0.3, -0.25) is 4.79 Å². The molecule has 0 unspecified atom stereocenters. The number of amides is 1. The van der Waals surface area contributed by atoms with Crippen molar-refractivity contribution in [2.75, 3.05) is 19.8 Å². The van der Waals surface area contributed by atoms with Gasteiger partial charge in [-0.25, -0.2) is 4.39 Å². The molecule has 1 fully saturated rings. The number of hydrogen-bond donors (Lipinski definition) is 1. The second-order valence-electron chi connectivity index (χ2n) is 6.51. The Morgan fingerprint density at radius 1 is 1.19 bits per heavy atom. The Bertz CT molecular complexity index is 783. The molecule has 1 aliphatic heterocycles. The minimum atomic E-state index is -0.301. The van der Waals surface area contributed by atoms with E-state index in [1.54, 1.807) is 30.3 Å². The van der Waals surface area contributed by atoms with E-state index in [1.807, 2.05) is 18.2 Å². The average molecular weight is 374 g/mol. The van der Waals surface area contributed by atoms with Gasteiger partial charge in [0.15, 0.2) is 0 Å². The number of nitrogens with one attached hydrogen (secondary N) is 1. The van der Waals surface area contributed by atoms with E-state index < -0.39 is 0 Å². The van der Waals surface area contributed by atoms with E-state index in [4.69, 9.17) is 16.3 Å². The maximum absolute atomic E-state index is 13.7. The lowest BCUT2D eigenvalue weighted by molar-refractivity contribution is -0.116. The summed E-state index contributed by atoms with van der Waals surface area (Å²) in [4.78, 5) is 12.2. The molecule has 2 aromatic carbocycles. The zero-order valence-electron chi connectivity index (χ0n) is 14.4. The Morgan fingerprint density at radius 2 is 1.92 bits per heavy atom. The van der Waals surface area contributed by atoms with Crippen molar-refractivity contribution in [3.63, 3.8) is 0 Å². The van der Waals surface area contributed by atoms with E-state index in [1.165, 1.54) is 12.1 Å². The summed E-state index contributed by atoms with van der Waals surface area (Å²) in [6.45, 7) is 1.66. The summed E-state index contributed by atoms with van der Waals surface area (Å²) in [7, 11) is 0. The third-order valence-corrected chi connectivity index (χ3v) is 5.04. The molecule has 1 aliphatic rings. The Kier molecular flexibility index (Phi) is 6.07. The van der Waals surface area contributed by atoms with Crippen LogP contribution in [0.15, 0.2) is 54.6 Å². The van der Waals surface area contributed by atoms with Crippen molar-refractivity contribution in [2.24, 2.45) is 0 Å². The summed E-state index contributed by atoms with van der Waals surface area (Å²) in [5.41, 5.74) is 1.50. The van der Waals surface area contributed by atoms with Crippen LogP contribution in [0.1, 0.15) is 24.0 Å². The van der Waals surface area contributed by atoms with E-state index >= 15 is 0 Å². The number of ether oxygens (including phenoxy) is 1. The van der Waals surface area contributed by atoms with Crippen LogP contribution in [-0.4, -0.2) is 25.7 Å². The van der Waals surface area contributed by atoms with Gasteiger partial charge in [0.05, 0.1) is 0 Å². The highest BCUT2D eigenvalue weighted by Crippen LogP contribution is 2.34. The van der Waals surface area contributed by atoms with Gasteiger partial charge in [-0.2, -0.15) is 0 Å². The third-order valence-electron chi connectivity index (χ3n) is 4.79. The summed E-state index contributed by atoms with van der Waals surface area (Å²) in [5.74, 6) is -0.440. The molecule has 3 rings (SSSR count). The van der Waals surface area contributed by atoms with Gasteiger partial charge in [0.2, 0.25) is 5.91 Å². The highest BCUT2D eigenvalue weighted by Gasteiger charge is 2.34. The van der Waals surface area contributed by atoms with Crippen molar-refractivity contribution < 1.29 is 13.9 Å². The minimum absolute atomic E-state index is 0.179. The molecule has 1 N–H and O–H groups in total. The maximum Gasteiger partial charge on any atom is 0.244 e. The molecule has 0 bridgehead atoms. The molecule has 0 spiro atoms. The normalized spacial score (nSPS) is 16.5. The van der Waals surface area contributed by atoms with Gasteiger partial charge in [0.1, 0.15) is 5.82 Å². The summed E-state index contributed by atoms with van der Waals surface area (Å²) < 4.78 is 19.2. The van der Waals surface area contributed by atoms with Crippen LogP contribution in [0.5, 0.6) is 0 Å². The van der Waals surface area contributed by atoms with Crippen LogP contribution in [0.25, 0.3) is 6.08 Å². The molecule has 1 heterocycles. The number of carbonyl (C=O) groups is 1. The zero-order chi connectivity index (χ0) is 18.4. The first-order valence-corrected chi connectivity index (χ1v) is 9.01. The summed E-state index contributed by atoms with van der Waals surface area (Å²) >= 11 is 5.85. The van der Waals surface area contributed by atoms with Crippen molar-refractivity contribution >= 4 is 23.6 Å². The van der Waals surface area contributed by atoms with Gasteiger partial charge in [0, 0.05) is 36.3 Å². The Hall–Kier alpha value is -2.17. The maximum atomic E-state index is 13.7. The number of rotatable bonds is 5. The van der Waals surface area contributed by atoms with E-state index in [9.17, 15) is 9.18 Å². The molecule has 0 aromatic heterocycles. The van der Waals surface area contributed by atoms with Gasteiger partial charge < -0.3 is 10.1 Å². The van der Waals surface area contributed by atoms with Crippen molar-refractivity contribution in [1.29, 1.82) is 0 Å². The van der Waals surface area contributed by atoms with Crippen LogP contribution in [-0.2, 0) is 14.9 Å². The molecule has 2 aromatic rings. The molecule has 0 radical (unpaired) electrons. The standard InChI is InChI=1S/C21H21ClFNO2/c22-18-7-4-16(5-8-18)6-9-20(25)24-15-21(10-12-26-13-11-21)17-2-1-3-19(23)14-17/h1-9,14H,10-13,15H2,(H,24,25)/b9-6+.